The Kier molecular flexibility index (Phi) is 8.77. The van der Waals surface area contributed by atoms with Gasteiger partial charge in [0.05, 0.1) is 5.52 Å². The quantitative estimate of drug-likeness (QED) is 0.405. The first-order chi connectivity index (χ1) is 16.3. The Morgan fingerprint density at radius 1 is 0.971 bits per heavy atom. The number of aromatic nitrogens is 2. The zero-order valence-corrected chi connectivity index (χ0v) is 19.4. The molecule has 1 aromatic heterocycles. The Morgan fingerprint density at radius 2 is 1.66 bits per heavy atom. The summed E-state index contributed by atoms with van der Waals surface area (Å²) < 4.78 is 42.0. The van der Waals surface area contributed by atoms with Gasteiger partial charge in [-0.25, -0.2) is 4.98 Å². The molecule has 4 rings (SSSR count). The van der Waals surface area contributed by atoms with Gasteiger partial charge in [-0.2, -0.15) is 4.98 Å². The molecule has 0 saturated heterocycles. The fourth-order valence-electron chi connectivity index (χ4n) is 4.44. The molecule has 0 radical (unpaired) electrons. The van der Waals surface area contributed by atoms with Crippen molar-refractivity contribution in [1.29, 1.82) is 0 Å². The maximum atomic E-state index is 12.6. The predicted molar refractivity (Wildman–Crippen MR) is 135 cm³/mol. The van der Waals surface area contributed by atoms with Crippen LogP contribution in [0.4, 0.5) is 24.9 Å². The monoisotopic (exact) mass is 489 g/mol. The second kappa shape index (κ2) is 11.6. The lowest BCUT2D eigenvalue weighted by molar-refractivity contribution is -0.274. The van der Waals surface area contributed by atoms with E-state index in [4.69, 9.17) is 9.97 Å². The van der Waals surface area contributed by atoms with Crippen molar-refractivity contribution in [2.24, 2.45) is 5.92 Å². The van der Waals surface area contributed by atoms with Crippen LogP contribution in [0.2, 0.25) is 0 Å². The van der Waals surface area contributed by atoms with Crippen LogP contribution in [0.5, 0.6) is 5.75 Å². The zero-order chi connectivity index (χ0) is 24.1. The van der Waals surface area contributed by atoms with Gasteiger partial charge >= 0.3 is 6.36 Å². The third-order valence-corrected chi connectivity index (χ3v) is 6.13. The summed E-state index contributed by atoms with van der Waals surface area (Å²) in [4.78, 5) is 11.4. The normalized spacial score (nSPS) is 18.1. The number of anilines is 2. The van der Waals surface area contributed by atoms with Gasteiger partial charge in [0.1, 0.15) is 11.6 Å². The van der Waals surface area contributed by atoms with Crippen molar-refractivity contribution in [3.63, 3.8) is 0 Å². The minimum atomic E-state index is -4.69. The molecule has 2 aromatic carbocycles. The molecule has 35 heavy (non-hydrogen) atoms. The highest BCUT2D eigenvalue weighted by Gasteiger charge is 2.32. The summed E-state index contributed by atoms with van der Waals surface area (Å²) >= 11 is 0. The molecule has 0 spiro atoms. The van der Waals surface area contributed by atoms with Crippen LogP contribution >= 0.6 is 0 Å². The van der Waals surface area contributed by atoms with E-state index in [0.29, 0.717) is 30.0 Å². The topological polar surface area (TPSA) is 62.3 Å². The Hall–Kier alpha value is -3.07. The van der Waals surface area contributed by atoms with Crippen molar-refractivity contribution in [3.8, 4) is 5.75 Å². The van der Waals surface area contributed by atoms with E-state index in [9.17, 15) is 13.2 Å². The van der Waals surface area contributed by atoms with Gasteiger partial charge in [-0.3, -0.25) is 0 Å². The summed E-state index contributed by atoms with van der Waals surface area (Å²) in [6.07, 6.45) is -0.649. The minimum Gasteiger partial charge on any atom is -0.405 e. The molecule has 0 unspecified atom stereocenters. The summed E-state index contributed by atoms with van der Waals surface area (Å²) in [5.74, 6) is 1.86. The summed E-state index contributed by atoms with van der Waals surface area (Å²) in [5, 5.41) is 7.83. The van der Waals surface area contributed by atoms with E-state index in [1.165, 1.54) is 6.07 Å². The summed E-state index contributed by atoms with van der Waals surface area (Å²) in [6.45, 7) is 1.09. The molecule has 6 nitrogen and oxygen atoms in total. The highest BCUT2D eigenvalue weighted by molar-refractivity contribution is 5.90. The van der Waals surface area contributed by atoms with Crippen LogP contribution in [0.1, 0.15) is 38.7 Å². The smallest absolute Gasteiger partial charge is 0.405 e. The second-order valence-electron chi connectivity index (χ2n) is 8.93. The first-order valence-corrected chi connectivity index (χ1v) is 11.5. The molecule has 9 heteroatoms. The van der Waals surface area contributed by atoms with E-state index in [1.807, 2.05) is 43.3 Å². The van der Waals surface area contributed by atoms with E-state index in [2.05, 4.69) is 15.4 Å². The molecular weight excluding hydrogens is 455 g/mol. The second-order valence-corrected chi connectivity index (χ2v) is 8.93. The van der Waals surface area contributed by atoms with Gasteiger partial charge in [0, 0.05) is 37.6 Å². The number of para-hydroxylation sites is 2. The van der Waals surface area contributed by atoms with E-state index < -0.39 is 6.36 Å². The number of ether oxygens (including phenoxy) is 1. The summed E-state index contributed by atoms with van der Waals surface area (Å²) in [5.41, 5.74) is 1.41. The molecule has 3 aromatic rings. The molecular formula is C26H34F3N5O. The lowest BCUT2D eigenvalue weighted by Crippen LogP contribution is -2.32. The third-order valence-electron chi connectivity index (χ3n) is 6.13. The highest BCUT2D eigenvalue weighted by Crippen LogP contribution is 2.29. The summed E-state index contributed by atoms with van der Waals surface area (Å²) in [6, 6.07) is 14.5. The highest BCUT2D eigenvalue weighted by atomic mass is 19.4. The lowest BCUT2D eigenvalue weighted by atomic mass is 9.86. The minimum absolute atomic E-state index is 0. The SMILES string of the molecule is C.CN(C)c1nc(NC2CCC(CNCc3ccccc3OC(F)(F)F)CC2)nc2ccccc12. The van der Waals surface area contributed by atoms with Crippen molar-refractivity contribution in [2.45, 2.75) is 52.1 Å². The average Bonchev–Trinajstić information content (AvgIpc) is 2.80. The number of hydrogen-bond acceptors (Lipinski definition) is 6. The van der Waals surface area contributed by atoms with Gasteiger partial charge < -0.3 is 20.3 Å². The number of nitrogens with one attached hydrogen (secondary N) is 2. The first kappa shape index (κ1) is 26.5. The van der Waals surface area contributed by atoms with Gasteiger partial charge in [-0.05, 0) is 56.3 Å². The zero-order valence-electron chi connectivity index (χ0n) is 19.4. The van der Waals surface area contributed by atoms with Crippen LogP contribution in [0.25, 0.3) is 10.9 Å². The number of rotatable bonds is 8. The molecule has 0 atom stereocenters. The van der Waals surface area contributed by atoms with Crippen LogP contribution in [-0.4, -0.2) is 43.0 Å². The van der Waals surface area contributed by atoms with E-state index in [-0.39, 0.29) is 13.2 Å². The maximum Gasteiger partial charge on any atom is 0.573 e. The number of halogens is 3. The van der Waals surface area contributed by atoms with Gasteiger partial charge in [0.25, 0.3) is 0 Å². The van der Waals surface area contributed by atoms with Gasteiger partial charge in [0.15, 0.2) is 0 Å². The molecule has 190 valence electrons. The molecule has 1 saturated carbocycles. The van der Waals surface area contributed by atoms with Crippen LogP contribution in [0.3, 0.4) is 0 Å². The largest absolute Gasteiger partial charge is 0.573 e. The molecule has 0 bridgehead atoms. The fourth-order valence-corrected chi connectivity index (χ4v) is 4.44. The molecule has 1 aliphatic carbocycles. The maximum absolute atomic E-state index is 12.6. The number of nitrogens with zero attached hydrogens (tertiary/aromatic N) is 3. The van der Waals surface area contributed by atoms with Crippen LogP contribution < -0.4 is 20.3 Å². The Morgan fingerprint density at radius 3 is 2.37 bits per heavy atom. The predicted octanol–water partition coefficient (Wildman–Crippen LogP) is 5.99. The number of hydrogen-bond donors (Lipinski definition) is 2. The number of alkyl halides is 3. The van der Waals surface area contributed by atoms with Crippen molar-refractivity contribution in [3.05, 3.63) is 54.1 Å². The van der Waals surface area contributed by atoms with Crippen molar-refractivity contribution >= 4 is 22.7 Å². The first-order valence-electron chi connectivity index (χ1n) is 11.5. The Bertz CT molecular complexity index is 1100. The van der Waals surface area contributed by atoms with E-state index in [0.717, 1.165) is 48.9 Å². The van der Waals surface area contributed by atoms with Crippen molar-refractivity contribution in [1.82, 2.24) is 15.3 Å². The standard InChI is InChI=1S/C25H30F3N5O.CH4/c1-33(2)23-20-8-4-5-9-21(20)31-24(32-23)30-19-13-11-17(12-14-19)15-29-16-18-7-3-6-10-22(18)34-25(26,27)28;/h3-10,17,19,29H,11-16H2,1-2H3,(H,30,31,32);1H4. The molecule has 0 amide bonds. The van der Waals surface area contributed by atoms with Crippen LogP contribution in [-0.2, 0) is 6.54 Å². The van der Waals surface area contributed by atoms with Gasteiger partial charge in [-0.1, -0.05) is 37.8 Å². The average molecular weight is 490 g/mol. The van der Waals surface area contributed by atoms with E-state index in [1.54, 1.807) is 18.2 Å². The van der Waals surface area contributed by atoms with E-state index >= 15 is 0 Å². The van der Waals surface area contributed by atoms with Crippen molar-refractivity contribution in [2.75, 3.05) is 30.9 Å². The third kappa shape index (κ3) is 7.21. The van der Waals surface area contributed by atoms with Crippen molar-refractivity contribution < 1.29 is 17.9 Å². The number of fused-ring (bicyclic) bond motifs is 1. The fraction of sp³-hybridized carbons (Fsp3) is 0.462. The molecule has 0 aliphatic heterocycles. The molecule has 1 heterocycles. The molecule has 2 N–H and O–H groups in total. The lowest BCUT2D eigenvalue weighted by Gasteiger charge is -2.29. The van der Waals surface area contributed by atoms with Gasteiger partial charge in [0.2, 0.25) is 5.95 Å². The van der Waals surface area contributed by atoms with Crippen LogP contribution in [0, 0.1) is 5.92 Å². The van der Waals surface area contributed by atoms with Crippen LogP contribution in [0.15, 0.2) is 48.5 Å². The Labute approximate surface area is 204 Å². The molecule has 1 fully saturated rings. The molecule has 1 aliphatic rings. The summed E-state index contributed by atoms with van der Waals surface area (Å²) in [7, 11) is 3.95. The van der Waals surface area contributed by atoms with Gasteiger partial charge in [-0.15, -0.1) is 13.2 Å². The number of benzene rings is 2. The Balaban J connectivity index is 0.00000342.